The molecule has 0 radical (unpaired) electrons. The Hall–Kier alpha value is -1.33. The number of hydrogen-bond donors (Lipinski definition) is 1. The van der Waals surface area contributed by atoms with Gasteiger partial charge in [0.1, 0.15) is 11.6 Å². The minimum Gasteiger partial charge on any atom is -0.496 e. The Morgan fingerprint density at radius 3 is 2.95 bits per heavy atom. The molecule has 0 atom stereocenters. The van der Waals surface area contributed by atoms with Crippen LogP contribution in [0, 0.1) is 0 Å². The average Bonchev–Trinajstić information content (AvgIpc) is 2.86. The molecule has 20 heavy (non-hydrogen) atoms. The van der Waals surface area contributed by atoms with E-state index >= 15 is 0 Å². The SMILES string of the molecule is COc1ccc(-c2nc(CN)c3n2CCCC3)cc1Br. The van der Waals surface area contributed by atoms with Gasteiger partial charge in [-0.05, 0) is 53.4 Å². The summed E-state index contributed by atoms with van der Waals surface area (Å²) in [5.74, 6) is 1.85. The Kier molecular flexibility index (Phi) is 3.81. The molecule has 1 aromatic heterocycles. The van der Waals surface area contributed by atoms with Gasteiger partial charge in [0.25, 0.3) is 0 Å². The molecule has 0 bridgehead atoms. The molecule has 0 unspecified atom stereocenters. The van der Waals surface area contributed by atoms with E-state index in [4.69, 9.17) is 15.5 Å². The van der Waals surface area contributed by atoms with Gasteiger partial charge in [-0.1, -0.05) is 0 Å². The van der Waals surface area contributed by atoms with Crippen molar-refractivity contribution in [1.29, 1.82) is 0 Å². The predicted molar refractivity (Wildman–Crippen MR) is 82.7 cm³/mol. The van der Waals surface area contributed by atoms with Crippen LogP contribution in [0.4, 0.5) is 0 Å². The minimum absolute atomic E-state index is 0.507. The van der Waals surface area contributed by atoms with Crippen molar-refractivity contribution in [2.75, 3.05) is 7.11 Å². The molecular formula is C15H18BrN3O. The molecule has 0 saturated heterocycles. The van der Waals surface area contributed by atoms with E-state index in [-0.39, 0.29) is 0 Å². The molecule has 0 spiro atoms. The monoisotopic (exact) mass is 335 g/mol. The van der Waals surface area contributed by atoms with Crippen LogP contribution in [0.15, 0.2) is 22.7 Å². The molecule has 2 heterocycles. The lowest BCUT2D eigenvalue weighted by Crippen LogP contribution is -2.13. The van der Waals surface area contributed by atoms with Gasteiger partial charge in [0, 0.05) is 24.3 Å². The fourth-order valence-corrected chi connectivity index (χ4v) is 3.35. The third-order valence-electron chi connectivity index (χ3n) is 3.80. The summed E-state index contributed by atoms with van der Waals surface area (Å²) in [6.07, 6.45) is 3.51. The molecule has 1 aliphatic heterocycles. The molecule has 0 saturated carbocycles. The summed E-state index contributed by atoms with van der Waals surface area (Å²) >= 11 is 3.54. The molecule has 5 heteroatoms. The van der Waals surface area contributed by atoms with E-state index in [2.05, 4.69) is 26.6 Å². The van der Waals surface area contributed by atoms with Crippen LogP contribution in [0.5, 0.6) is 5.75 Å². The van der Waals surface area contributed by atoms with Gasteiger partial charge in [-0.25, -0.2) is 4.98 Å². The number of aromatic nitrogens is 2. The lowest BCUT2D eigenvalue weighted by Gasteiger charge is -2.17. The van der Waals surface area contributed by atoms with Crippen LogP contribution in [-0.4, -0.2) is 16.7 Å². The summed E-state index contributed by atoms with van der Waals surface area (Å²) in [5.41, 5.74) is 9.27. The molecule has 0 amide bonds. The van der Waals surface area contributed by atoms with Crippen LogP contribution in [-0.2, 0) is 19.5 Å². The number of fused-ring (bicyclic) bond motifs is 1. The van der Waals surface area contributed by atoms with Crippen LogP contribution < -0.4 is 10.5 Å². The molecule has 106 valence electrons. The van der Waals surface area contributed by atoms with Crippen molar-refractivity contribution in [2.24, 2.45) is 5.73 Å². The quantitative estimate of drug-likeness (QED) is 0.937. The van der Waals surface area contributed by atoms with E-state index in [0.29, 0.717) is 6.54 Å². The number of nitrogens with zero attached hydrogens (tertiary/aromatic N) is 2. The van der Waals surface area contributed by atoms with Gasteiger partial charge in [0.15, 0.2) is 0 Å². The fourth-order valence-electron chi connectivity index (χ4n) is 2.81. The van der Waals surface area contributed by atoms with E-state index in [1.807, 2.05) is 12.1 Å². The Morgan fingerprint density at radius 2 is 2.25 bits per heavy atom. The number of nitrogens with two attached hydrogens (primary N) is 1. The van der Waals surface area contributed by atoms with Crippen molar-refractivity contribution in [2.45, 2.75) is 32.4 Å². The van der Waals surface area contributed by atoms with Crippen molar-refractivity contribution in [1.82, 2.24) is 9.55 Å². The van der Waals surface area contributed by atoms with E-state index in [1.54, 1.807) is 7.11 Å². The van der Waals surface area contributed by atoms with Crippen LogP contribution in [0.2, 0.25) is 0 Å². The lowest BCUT2D eigenvalue weighted by molar-refractivity contribution is 0.412. The number of imidazole rings is 1. The van der Waals surface area contributed by atoms with Crippen molar-refractivity contribution >= 4 is 15.9 Å². The van der Waals surface area contributed by atoms with Crippen LogP contribution in [0.3, 0.4) is 0 Å². The molecule has 1 aliphatic rings. The Morgan fingerprint density at radius 1 is 1.40 bits per heavy atom. The number of ether oxygens (including phenoxy) is 1. The molecule has 0 aliphatic carbocycles. The summed E-state index contributed by atoms with van der Waals surface area (Å²) in [4.78, 5) is 4.75. The molecule has 2 aromatic rings. The first-order valence-corrected chi connectivity index (χ1v) is 7.66. The normalized spacial score (nSPS) is 14.2. The zero-order chi connectivity index (χ0) is 14.1. The highest BCUT2D eigenvalue weighted by molar-refractivity contribution is 9.10. The van der Waals surface area contributed by atoms with Gasteiger partial charge < -0.3 is 15.0 Å². The van der Waals surface area contributed by atoms with E-state index in [0.717, 1.165) is 40.3 Å². The zero-order valence-corrected chi connectivity index (χ0v) is 13.1. The first-order chi connectivity index (χ1) is 9.74. The summed E-state index contributed by atoms with van der Waals surface area (Å²) < 4.78 is 8.54. The molecule has 4 nitrogen and oxygen atoms in total. The number of benzene rings is 1. The largest absolute Gasteiger partial charge is 0.496 e. The smallest absolute Gasteiger partial charge is 0.140 e. The van der Waals surface area contributed by atoms with Crippen molar-refractivity contribution in [3.8, 4) is 17.1 Å². The predicted octanol–water partition coefficient (Wildman–Crippen LogP) is 3.12. The van der Waals surface area contributed by atoms with Gasteiger partial charge in [-0.3, -0.25) is 0 Å². The number of hydrogen-bond acceptors (Lipinski definition) is 3. The molecule has 1 aromatic carbocycles. The highest BCUT2D eigenvalue weighted by Crippen LogP contribution is 2.32. The van der Waals surface area contributed by atoms with Gasteiger partial charge >= 0.3 is 0 Å². The Balaban J connectivity index is 2.10. The fraction of sp³-hybridized carbons (Fsp3) is 0.400. The first kappa shape index (κ1) is 13.6. The molecule has 3 rings (SSSR count). The summed E-state index contributed by atoms with van der Waals surface area (Å²) in [6.45, 7) is 1.54. The molecular weight excluding hydrogens is 318 g/mol. The highest BCUT2D eigenvalue weighted by atomic mass is 79.9. The van der Waals surface area contributed by atoms with Gasteiger partial charge in [0.2, 0.25) is 0 Å². The number of methoxy groups -OCH3 is 1. The third kappa shape index (κ3) is 2.25. The van der Waals surface area contributed by atoms with E-state index in [9.17, 15) is 0 Å². The Labute approximate surface area is 127 Å². The zero-order valence-electron chi connectivity index (χ0n) is 11.5. The maximum absolute atomic E-state index is 5.84. The first-order valence-electron chi connectivity index (χ1n) is 6.87. The lowest BCUT2D eigenvalue weighted by atomic mass is 10.1. The molecule has 0 fully saturated rings. The number of halogens is 1. The van der Waals surface area contributed by atoms with Gasteiger partial charge in [-0.15, -0.1) is 0 Å². The molecule has 2 N–H and O–H groups in total. The van der Waals surface area contributed by atoms with Crippen molar-refractivity contribution in [3.63, 3.8) is 0 Å². The third-order valence-corrected chi connectivity index (χ3v) is 4.42. The van der Waals surface area contributed by atoms with Crippen LogP contribution in [0.1, 0.15) is 24.2 Å². The second-order valence-electron chi connectivity index (χ2n) is 4.99. The summed E-state index contributed by atoms with van der Waals surface area (Å²) in [5, 5.41) is 0. The Bertz CT molecular complexity index is 636. The summed E-state index contributed by atoms with van der Waals surface area (Å²) in [7, 11) is 1.67. The van der Waals surface area contributed by atoms with Gasteiger partial charge in [-0.2, -0.15) is 0 Å². The number of rotatable bonds is 3. The second kappa shape index (κ2) is 5.58. The van der Waals surface area contributed by atoms with Crippen LogP contribution in [0.25, 0.3) is 11.4 Å². The topological polar surface area (TPSA) is 53.1 Å². The minimum atomic E-state index is 0.507. The van der Waals surface area contributed by atoms with E-state index in [1.165, 1.54) is 18.5 Å². The average molecular weight is 336 g/mol. The second-order valence-corrected chi connectivity index (χ2v) is 5.85. The summed E-state index contributed by atoms with van der Waals surface area (Å²) in [6, 6.07) is 6.07. The standard InChI is InChI=1S/C15H18BrN3O/c1-20-14-6-5-10(8-11(14)16)15-18-12(9-17)13-4-2-3-7-19(13)15/h5-6,8H,2-4,7,9,17H2,1H3. The van der Waals surface area contributed by atoms with Crippen molar-refractivity contribution in [3.05, 3.63) is 34.1 Å². The van der Waals surface area contributed by atoms with E-state index < -0.39 is 0 Å². The van der Waals surface area contributed by atoms with Crippen LogP contribution >= 0.6 is 15.9 Å². The maximum atomic E-state index is 5.84. The van der Waals surface area contributed by atoms with Crippen molar-refractivity contribution < 1.29 is 4.74 Å². The maximum Gasteiger partial charge on any atom is 0.140 e. The highest BCUT2D eigenvalue weighted by Gasteiger charge is 2.20. The van der Waals surface area contributed by atoms with Gasteiger partial charge in [0.05, 0.1) is 17.3 Å².